The van der Waals surface area contributed by atoms with E-state index in [1.807, 2.05) is 0 Å². The monoisotopic (exact) mass is 373 g/mol. The summed E-state index contributed by atoms with van der Waals surface area (Å²) in [5, 5.41) is 18.4. The Morgan fingerprint density at radius 2 is 1.72 bits per heavy atom. The van der Waals surface area contributed by atoms with E-state index in [1.165, 1.54) is 0 Å². The molecular formula is C11H5Br2NO4. The van der Waals surface area contributed by atoms with Crippen molar-refractivity contribution in [2.24, 2.45) is 0 Å². The number of aromatic nitrogens is 1. The quantitative estimate of drug-likeness (QED) is 0.842. The van der Waals surface area contributed by atoms with Gasteiger partial charge in [0.2, 0.25) is 0 Å². The maximum atomic E-state index is 11.2. The van der Waals surface area contributed by atoms with Gasteiger partial charge in [0.05, 0.1) is 11.1 Å². The van der Waals surface area contributed by atoms with Crippen molar-refractivity contribution in [3.8, 4) is 0 Å². The summed E-state index contributed by atoms with van der Waals surface area (Å²) in [5.41, 5.74) is -0.0992. The first-order valence-electron chi connectivity index (χ1n) is 4.66. The first kappa shape index (κ1) is 13.0. The molecule has 7 heteroatoms. The second kappa shape index (κ2) is 4.66. The molecule has 0 aliphatic rings. The van der Waals surface area contributed by atoms with E-state index in [-0.39, 0.29) is 11.3 Å². The van der Waals surface area contributed by atoms with E-state index in [0.717, 1.165) is 6.07 Å². The second-order valence-corrected chi connectivity index (χ2v) is 5.22. The zero-order valence-corrected chi connectivity index (χ0v) is 11.8. The van der Waals surface area contributed by atoms with Crippen molar-refractivity contribution in [1.29, 1.82) is 0 Å². The van der Waals surface area contributed by atoms with Crippen LogP contribution in [-0.2, 0) is 0 Å². The Bertz CT molecular complexity index is 684. The highest BCUT2D eigenvalue weighted by molar-refractivity contribution is 9.11. The minimum atomic E-state index is -1.27. The third-order valence-corrected chi connectivity index (χ3v) is 3.34. The molecular weight excluding hydrogens is 370 g/mol. The molecule has 0 aliphatic carbocycles. The van der Waals surface area contributed by atoms with Crippen LogP contribution in [0, 0.1) is 0 Å². The van der Waals surface area contributed by atoms with Gasteiger partial charge in [-0.15, -0.1) is 0 Å². The summed E-state index contributed by atoms with van der Waals surface area (Å²) >= 11 is 6.48. The average molecular weight is 375 g/mol. The number of halogens is 2. The number of carbonyl (C=O) groups is 2. The molecule has 1 aromatic heterocycles. The molecule has 5 nitrogen and oxygen atoms in total. The van der Waals surface area contributed by atoms with Gasteiger partial charge in [-0.3, -0.25) is 0 Å². The summed E-state index contributed by atoms with van der Waals surface area (Å²) in [6, 6.07) is 4.31. The molecule has 2 rings (SSSR count). The number of rotatable bonds is 2. The van der Waals surface area contributed by atoms with E-state index >= 15 is 0 Å². The maximum Gasteiger partial charge on any atom is 0.354 e. The number of carboxylic acids is 2. The highest BCUT2D eigenvalue weighted by atomic mass is 79.9. The largest absolute Gasteiger partial charge is 0.478 e. The third-order valence-electron chi connectivity index (χ3n) is 2.28. The molecule has 0 radical (unpaired) electrons. The fraction of sp³-hybridized carbons (Fsp3) is 0. The highest BCUT2D eigenvalue weighted by Gasteiger charge is 2.17. The standard InChI is InChI=1S/C11H5Br2NO4/c12-4-1-5-6(10(15)16)3-8(11(17)18)14-9(5)7(13)2-4/h1-3H,(H,15,16)(H,17,18). The Morgan fingerprint density at radius 3 is 2.28 bits per heavy atom. The molecule has 0 bridgehead atoms. The lowest BCUT2D eigenvalue weighted by Crippen LogP contribution is -2.06. The molecule has 0 aliphatic heterocycles. The number of benzene rings is 1. The Morgan fingerprint density at radius 1 is 1.06 bits per heavy atom. The molecule has 0 saturated carbocycles. The van der Waals surface area contributed by atoms with Gasteiger partial charge in [-0.25, -0.2) is 14.6 Å². The van der Waals surface area contributed by atoms with Crippen LogP contribution in [0.5, 0.6) is 0 Å². The Kier molecular flexibility index (Phi) is 3.36. The van der Waals surface area contributed by atoms with Crippen LogP contribution in [0.15, 0.2) is 27.1 Å². The summed E-state index contributed by atoms with van der Waals surface area (Å²) in [6.07, 6.45) is 0. The van der Waals surface area contributed by atoms with Gasteiger partial charge < -0.3 is 10.2 Å². The van der Waals surface area contributed by atoms with Gasteiger partial charge in [0.15, 0.2) is 0 Å². The van der Waals surface area contributed by atoms with Crippen LogP contribution < -0.4 is 0 Å². The maximum absolute atomic E-state index is 11.2. The van der Waals surface area contributed by atoms with Gasteiger partial charge in [0.25, 0.3) is 0 Å². The van der Waals surface area contributed by atoms with Crippen LogP contribution in [0.1, 0.15) is 20.8 Å². The third kappa shape index (κ3) is 2.23. The lowest BCUT2D eigenvalue weighted by atomic mass is 10.1. The number of carboxylic acid groups (broad SMARTS) is 2. The van der Waals surface area contributed by atoms with Crippen LogP contribution in [0.25, 0.3) is 10.9 Å². The fourth-order valence-corrected chi connectivity index (χ4v) is 2.85. The lowest BCUT2D eigenvalue weighted by Gasteiger charge is -2.06. The number of aromatic carboxylic acids is 2. The molecule has 0 fully saturated rings. The smallest absolute Gasteiger partial charge is 0.354 e. The van der Waals surface area contributed by atoms with E-state index in [9.17, 15) is 9.59 Å². The van der Waals surface area contributed by atoms with Crippen molar-refractivity contribution in [3.63, 3.8) is 0 Å². The molecule has 2 N–H and O–H groups in total. The molecule has 1 aromatic carbocycles. The molecule has 18 heavy (non-hydrogen) atoms. The summed E-state index contributed by atoms with van der Waals surface area (Å²) in [5.74, 6) is -2.47. The van der Waals surface area contributed by atoms with Crippen molar-refractivity contribution >= 4 is 54.7 Å². The van der Waals surface area contributed by atoms with E-state index < -0.39 is 11.9 Å². The molecule has 0 spiro atoms. The molecule has 1 heterocycles. The Balaban J connectivity index is 2.94. The summed E-state index contributed by atoms with van der Waals surface area (Å²) < 4.78 is 1.20. The Hall–Kier alpha value is -1.47. The number of fused-ring (bicyclic) bond motifs is 1. The van der Waals surface area contributed by atoms with Crippen molar-refractivity contribution in [1.82, 2.24) is 4.98 Å². The number of hydrogen-bond acceptors (Lipinski definition) is 3. The molecule has 2 aromatic rings. The SMILES string of the molecule is O=C(O)c1cc(C(=O)O)c2cc(Br)cc(Br)c2n1. The van der Waals surface area contributed by atoms with E-state index in [1.54, 1.807) is 12.1 Å². The first-order chi connectivity index (χ1) is 8.40. The van der Waals surface area contributed by atoms with Crippen LogP contribution in [0.3, 0.4) is 0 Å². The van der Waals surface area contributed by atoms with Crippen molar-refractivity contribution < 1.29 is 19.8 Å². The first-order valence-corrected chi connectivity index (χ1v) is 6.25. The zero-order chi connectivity index (χ0) is 13.4. The predicted molar refractivity (Wildman–Crippen MR) is 71.1 cm³/mol. The zero-order valence-electron chi connectivity index (χ0n) is 8.65. The second-order valence-electron chi connectivity index (χ2n) is 3.45. The summed E-state index contributed by atoms with van der Waals surface area (Å²) in [6.45, 7) is 0. The molecule has 0 unspecified atom stereocenters. The number of nitrogens with zero attached hydrogens (tertiary/aromatic N) is 1. The van der Waals surface area contributed by atoms with Gasteiger partial charge in [-0.2, -0.15) is 0 Å². The normalized spacial score (nSPS) is 10.6. The highest BCUT2D eigenvalue weighted by Crippen LogP contribution is 2.30. The van der Waals surface area contributed by atoms with E-state index in [2.05, 4.69) is 36.8 Å². The van der Waals surface area contributed by atoms with Gasteiger partial charge in [0, 0.05) is 14.3 Å². The summed E-state index contributed by atoms with van der Waals surface area (Å²) in [4.78, 5) is 26.0. The van der Waals surface area contributed by atoms with Gasteiger partial charge in [-0.1, -0.05) is 15.9 Å². The van der Waals surface area contributed by atoms with Crippen LogP contribution in [0.2, 0.25) is 0 Å². The van der Waals surface area contributed by atoms with Gasteiger partial charge in [-0.05, 0) is 34.1 Å². The molecule has 0 amide bonds. The van der Waals surface area contributed by atoms with Gasteiger partial charge in [0.1, 0.15) is 5.69 Å². The fourth-order valence-electron chi connectivity index (χ4n) is 1.54. The van der Waals surface area contributed by atoms with Crippen molar-refractivity contribution in [3.05, 3.63) is 38.4 Å². The van der Waals surface area contributed by atoms with Crippen LogP contribution >= 0.6 is 31.9 Å². The van der Waals surface area contributed by atoms with Crippen LogP contribution in [0.4, 0.5) is 0 Å². The minimum Gasteiger partial charge on any atom is -0.478 e. The van der Waals surface area contributed by atoms with Crippen molar-refractivity contribution in [2.75, 3.05) is 0 Å². The predicted octanol–water partition coefficient (Wildman–Crippen LogP) is 3.16. The van der Waals surface area contributed by atoms with Crippen LogP contribution in [-0.4, -0.2) is 27.1 Å². The molecule has 0 atom stereocenters. The van der Waals surface area contributed by atoms with E-state index in [0.29, 0.717) is 19.8 Å². The van der Waals surface area contributed by atoms with Gasteiger partial charge >= 0.3 is 11.9 Å². The molecule has 92 valence electrons. The van der Waals surface area contributed by atoms with E-state index in [4.69, 9.17) is 10.2 Å². The average Bonchev–Trinajstić information content (AvgIpc) is 2.27. The number of hydrogen-bond donors (Lipinski definition) is 2. The number of pyridine rings is 1. The topological polar surface area (TPSA) is 87.5 Å². The Labute approximate surface area is 118 Å². The lowest BCUT2D eigenvalue weighted by molar-refractivity contribution is 0.0691. The minimum absolute atomic E-state index is 0.0978. The summed E-state index contributed by atoms with van der Waals surface area (Å²) in [7, 11) is 0. The van der Waals surface area contributed by atoms with Crippen molar-refractivity contribution in [2.45, 2.75) is 0 Å². The molecule has 0 saturated heterocycles.